The summed E-state index contributed by atoms with van der Waals surface area (Å²) in [6, 6.07) is 23.0. The van der Waals surface area contributed by atoms with E-state index in [2.05, 4.69) is 47.2 Å². The molecule has 31 heavy (non-hydrogen) atoms. The van der Waals surface area contributed by atoms with E-state index in [0.29, 0.717) is 36.1 Å². The highest BCUT2D eigenvalue weighted by Crippen LogP contribution is 2.25. The zero-order valence-corrected chi connectivity index (χ0v) is 19.5. The minimum Gasteiger partial charge on any atom is -0.494 e. The molecule has 0 aromatic heterocycles. The summed E-state index contributed by atoms with van der Waals surface area (Å²) in [5, 5.41) is 2.94. The van der Waals surface area contributed by atoms with Crippen LogP contribution in [0.25, 0.3) is 0 Å². The zero-order chi connectivity index (χ0) is 22.1. The Kier molecular flexibility index (Phi) is 8.53. The van der Waals surface area contributed by atoms with Gasteiger partial charge in [-0.1, -0.05) is 60.1 Å². The molecule has 0 aliphatic carbocycles. The van der Waals surface area contributed by atoms with Crippen LogP contribution in [0.4, 0.5) is 5.69 Å². The molecule has 0 saturated heterocycles. The first-order valence-corrected chi connectivity index (χ1v) is 11.3. The van der Waals surface area contributed by atoms with Crippen LogP contribution in [-0.2, 0) is 6.42 Å². The fraction of sp³-hybridized carbons (Fsp3) is 0.269. The molecule has 0 fully saturated rings. The maximum absolute atomic E-state index is 12.9. The van der Waals surface area contributed by atoms with Gasteiger partial charge in [0.25, 0.3) is 5.91 Å². The first-order valence-electron chi connectivity index (χ1n) is 10.5. The minimum atomic E-state index is -0.218. The summed E-state index contributed by atoms with van der Waals surface area (Å²) in [5.41, 5.74) is 2.39. The number of anilines is 1. The predicted molar refractivity (Wildman–Crippen MR) is 129 cm³/mol. The molecule has 0 atom stereocenters. The van der Waals surface area contributed by atoms with Gasteiger partial charge in [0, 0.05) is 16.6 Å². The molecule has 4 nitrogen and oxygen atoms in total. The van der Waals surface area contributed by atoms with E-state index >= 15 is 0 Å². The summed E-state index contributed by atoms with van der Waals surface area (Å²) < 4.78 is 12.5. The molecule has 1 N–H and O–H groups in total. The standard InChI is InChI=1S/C26H28BrNO3/c1-19(2)14-16-30-23-11-9-22(10-12-23)28-26(29)24-18-21(27)8-13-25(24)31-17-15-20-6-4-3-5-7-20/h3-13,18-19H,14-17H2,1-2H3,(H,28,29). The van der Waals surface area contributed by atoms with E-state index in [0.717, 1.165) is 23.1 Å². The first-order chi connectivity index (χ1) is 15.0. The Morgan fingerprint density at radius 2 is 1.68 bits per heavy atom. The van der Waals surface area contributed by atoms with Crippen molar-refractivity contribution in [3.05, 3.63) is 88.4 Å². The fourth-order valence-electron chi connectivity index (χ4n) is 2.97. The van der Waals surface area contributed by atoms with E-state index in [4.69, 9.17) is 9.47 Å². The lowest BCUT2D eigenvalue weighted by atomic mass is 10.1. The Morgan fingerprint density at radius 3 is 2.39 bits per heavy atom. The predicted octanol–water partition coefficient (Wildman–Crippen LogP) is 6.75. The van der Waals surface area contributed by atoms with E-state index in [1.807, 2.05) is 54.6 Å². The van der Waals surface area contributed by atoms with Gasteiger partial charge in [-0.3, -0.25) is 4.79 Å². The minimum absolute atomic E-state index is 0.218. The number of nitrogens with one attached hydrogen (secondary N) is 1. The van der Waals surface area contributed by atoms with Crippen molar-refractivity contribution in [3.8, 4) is 11.5 Å². The Labute approximate surface area is 192 Å². The molecular formula is C26H28BrNO3. The average Bonchev–Trinajstić information content (AvgIpc) is 2.76. The van der Waals surface area contributed by atoms with Crippen molar-refractivity contribution >= 4 is 27.5 Å². The number of amides is 1. The number of rotatable bonds is 10. The highest BCUT2D eigenvalue weighted by Gasteiger charge is 2.14. The zero-order valence-electron chi connectivity index (χ0n) is 17.9. The van der Waals surface area contributed by atoms with Gasteiger partial charge in [0.1, 0.15) is 11.5 Å². The fourth-order valence-corrected chi connectivity index (χ4v) is 3.34. The summed E-state index contributed by atoms with van der Waals surface area (Å²) in [6.45, 7) is 5.52. The van der Waals surface area contributed by atoms with Gasteiger partial charge in [-0.15, -0.1) is 0 Å². The molecule has 0 saturated carbocycles. The largest absolute Gasteiger partial charge is 0.494 e. The number of carbonyl (C=O) groups excluding carboxylic acids is 1. The normalized spacial score (nSPS) is 10.7. The van der Waals surface area contributed by atoms with Crippen LogP contribution in [0.5, 0.6) is 11.5 Å². The second-order valence-electron chi connectivity index (χ2n) is 7.73. The Morgan fingerprint density at radius 1 is 0.935 bits per heavy atom. The molecule has 0 aliphatic heterocycles. The number of benzene rings is 3. The van der Waals surface area contributed by atoms with Crippen molar-refractivity contribution in [1.29, 1.82) is 0 Å². The molecule has 1 amide bonds. The van der Waals surface area contributed by atoms with Gasteiger partial charge in [0.2, 0.25) is 0 Å². The summed E-state index contributed by atoms with van der Waals surface area (Å²) in [4.78, 5) is 12.9. The van der Waals surface area contributed by atoms with Crippen molar-refractivity contribution in [3.63, 3.8) is 0 Å². The highest BCUT2D eigenvalue weighted by molar-refractivity contribution is 9.10. The molecule has 0 aliphatic rings. The van der Waals surface area contributed by atoms with Gasteiger partial charge in [-0.25, -0.2) is 0 Å². The average molecular weight is 482 g/mol. The van der Waals surface area contributed by atoms with Gasteiger partial charge in [0.05, 0.1) is 18.8 Å². The lowest BCUT2D eigenvalue weighted by Gasteiger charge is -2.13. The second kappa shape index (κ2) is 11.6. The Hall–Kier alpha value is -2.79. The molecule has 3 rings (SSSR count). The summed E-state index contributed by atoms with van der Waals surface area (Å²) in [7, 11) is 0. The molecule has 162 valence electrons. The summed E-state index contributed by atoms with van der Waals surface area (Å²) in [6.07, 6.45) is 1.78. The topological polar surface area (TPSA) is 47.6 Å². The third kappa shape index (κ3) is 7.44. The molecule has 0 bridgehead atoms. The van der Waals surface area contributed by atoms with Crippen LogP contribution in [0, 0.1) is 5.92 Å². The van der Waals surface area contributed by atoms with E-state index in [1.54, 1.807) is 6.07 Å². The first kappa shape index (κ1) is 22.9. The molecule has 0 unspecified atom stereocenters. The number of halogens is 1. The quantitative estimate of drug-likeness (QED) is 0.348. The van der Waals surface area contributed by atoms with Gasteiger partial charge in [0.15, 0.2) is 0 Å². The highest BCUT2D eigenvalue weighted by atomic mass is 79.9. The van der Waals surface area contributed by atoms with Crippen LogP contribution >= 0.6 is 15.9 Å². The van der Waals surface area contributed by atoms with Crippen molar-refractivity contribution in [2.75, 3.05) is 18.5 Å². The van der Waals surface area contributed by atoms with Gasteiger partial charge in [-0.2, -0.15) is 0 Å². The lowest BCUT2D eigenvalue weighted by molar-refractivity contribution is 0.102. The number of hydrogen-bond donors (Lipinski definition) is 1. The maximum Gasteiger partial charge on any atom is 0.259 e. The van der Waals surface area contributed by atoms with Crippen LogP contribution in [0.3, 0.4) is 0 Å². The summed E-state index contributed by atoms with van der Waals surface area (Å²) in [5.74, 6) is 1.74. The third-order valence-electron chi connectivity index (χ3n) is 4.75. The van der Waals surface area contributed by atoms with Crippen LogP contribution in [-0.4, -0.2) is 19.1 Å². The molecular weight excluding hydrogens is 454 g/mol. The van der Waals surface area contributed by atoms with Crippen molar-refractivity contribution in [1.82, 2.24) is 0 Å². The lowest BCUT2D eigenvalue weighted by Crippen LogP contribution is -2.14. The number of carbonyl (C=O) groups is 1. The van der Waals surface area contributed by atoms with Crippen LogP contribution < -0.4 is 14.8 Å². The Bertz CT molecular complexity index is 972. The SMILES string of the molecule is CC(C)CCOc1ccc(NC(=O)c2cc(Br)ccc2OCCc2ccccc2)cc1. The van der Waals surface area contributed by atoms with Gasteiger partial charge >= 0.3 is 0 Å². The second-order valence-corrected chi connectivity index (χ2v) is 8.65. The smallest absolute Gasteiger partial charge is 0.259 e. The van der Waals surface area contributed by atoms with E-state index < -0.39 is 0 Å². The molecule has 3 aromatic carbocycles. The maximum atomic E-state index is 12.9. The van der Waals surface area contributed by atoms with E-state index in [-0.39, 0.29) is 5.91 Å². The van der Waals surface area contributed by atoms with Crippen molar-refractivity contribution in [2.45, 2.75) is 26.7 Å². The van der Waals surface area contributed by atoms with Crippen LogP contribution in [0.2, 0.25) is 0 Å². The van der Waals surface area contributed by atoms with E-state index in [1.165, 1.54) is 5.56 Å². The molecule has 0 spiro atoms. The van der Waals surface area contributed by atoms with Crippen molar-refractivity contribution in [2.24, 2.45) is 5.92 Å². The number of ether oxygens (including phenoxy) is 2. The van der Waals surface area contributed by atoms with Gasteiger partial charge in [-0.05, 0) is 60.4 Å². The summed E-state index contributed by atoms with van der Waals surface area (Å²) >= 11 is 3.45. The van der Waals surface area contributed by atoms with Gasteiger partial charge < -0.3 is 14.8 Å². The monoisotopic (exact) mass is 481 g/mol. The molecule has 0 heterocycles. The third-order valence-corrected chi connectivity index (χ3v) is 5.25. The van der Waals surface area contributed by atoms with Crippen LogP contribution in [0.15, 0.2) is 77.3 Å². The molecule has 0 radical (unpaired) electrons. The molecule has 5 heteroatoms. The Balaban J connectivity index is 1.60. The molecule has 3 aromatic rings. The van der Waals surface area contributed by atoms with Crippen molar-refractivity contribution < 1.29 is 14.3 Å². The van der Waals surface area contributed by atoms with Crippen LogP contribution in [0.1, 0.15) is 36.2 Å². The number of hydrogen-bond acceptors (Lipinski definition) is 3. The van der Waals surface area contributed by atoms with E-state index in [9.17, 15) is 4.79 Å².